The number of carbonyl (C=O) groups excluding carboxylic acids is 1. The maximum absolute atomic E-state index is 13.1. The highest BCUT2D eigenvalue weighted by atomic mass is 19.4. The summed E-state index contributed by atoms with van der Waals surface area (Å²) in [5.41, 5.74) is 1.45. The summed E-state index contributed by atoms with van der Waals surface area (Å²) in [6.45, 7) is 2.87. The van der Waals surface area contributed by atoms with Crippen LogP contribution in [0.5, 0.6) is 0 Å². The first-order valence-electron chi connectivity index (χ1n) is 8.92. The molecule has 6 heteroatoms. The summed E-state index contributed by atoms with van der Waals surface area (Å²) in [7, 11) is 0. The Hall–Kier alpha value is -2.08. The van der Waals surface area contributed by atoms with Crippen LogP contribution >= 0.6 is 0 Å². The Bertz CT molecular complexity index is 796. The molecule has 0 N–H and O–H groups in total. The van der Waals surface area contributed by atoms with Crippen molar-refractivity contribution in [1.29, 1.82) is 0 Å². The second kappa shape index (κ2) is 6.27. The predicted octanol–water partition coefficient (Wildman–Crippen LogP) is 4.20. The van der Waals surface area contributed by atoms with Crippen molar-refractivity contribution < 1.29 is 22.7 Å². The summed E-state index contributed by atoms with van der Waals surface area (Å²) in [6.07, 6.45) is 1.64. The molecule has 0 amide bonds. The molecule has 4 rings (SSSR count). The Balaban J connectivity index is 1.81. The van der Waals surface area contributed by atoms with Gasteiger partial charge in [0.2, 0.25) is 0 Å². The molecule has 3 atom stereocenters. The Morgan fingerprint density at radius 1 is 1.19 bits per heavy atom. The fraction of sp³-hybridized carbons (Fsp3) is 0.450. The normalized spacial score (nSPS) is 29.2. The maximum Gasteiger partial charge on any atom is 0.416 e. The molecule has 1 saturated heterocycles. The quantitative estimate of drug-likeness (QED) is 0.701. The van der Waals surface area contributed by atoms with Gasteiger partial charge in [-0.1, -0.05) is 18.6 Å². The molecule has 0 bridgehead atoms. The lowest BCUT2D eigenvalue weighted by Crippen LogP contribution is -2.50. The number of piperidine rings is 1. The summed E-state index contributed by atoms with van der Waals surface area (Å²) in [6, 6.07) is 5.45. The molecule has 3 heterocycles. The zero-order valence-electron chi connectivity index (χ0n) is 14.4. The van der Waals surface area contributed by atoms with Crippen molar-refractivity contribution in [2.24, 2.45) is 0 Å². The van der Waals surface area contributed by atoms with Crippen LogP contribution in [0.25, 0.3) is 5.57 Å². The van der Waals surface area contributed by atoms with Gasteiger partial charge in [-0.25, -0.2) is 4.79 Å². The van der Waals surface area contributed by atoms with Gasteiger partial charge in [-0.2, -0.15) is 13.2 Å². The molecule has 0 spiro atoms. The van der Waals surface area contributed by atoms with Crippen LogP contribution in [0.4, 0.5) is 13.2 Å². The first kappa shape index (κ1) is 17.3. The van der Waals surface area contributed by atoms with Gasteiger partial charge in [0.05, 0.1) is 11.6 Å². The summed E-state index contributed by atoms with van der Waals surface area (Å²) in [5.74, 6) is -0.371. The van der Waals surface area contributed by atoms with Gasteiger partial charge >= 0.3 is 12.1 Å². The molecular weight excluding hydrogens is 343 g/mol. The molecule has 3 nitrogen and oxygen atoms in total. The molecule has 0 saturated carbocycles. The average molecular weight is 363 g/mol. The second-order valence-corrected chi connectivity index (χ2v) is 7.16. The van der Waals surface area contributed by atoms with Crippen LogP contribution in [-0.2, 0) is 15.7 Å². The Morgan fingerprint density at radius 2 is 2.00 bits per heavy atom. The minimum absolute atomic E-state index is 0.0472. The lowest BCUT2D eigenvalue weighted by atomic mass is 9.93. The number of ether oxygens (including phenoxy) is 1. The molecule has 1 fully saturated rings. The van der Waals surface area contributed by atoms with E-state index in [2.05, 4.69) is 4.90 Å². The number of rotatable bonds is 1. The highest BCUT2D eigenvalue weighted by molar-refractivity contribution is 5.88. The topological polar surface area (TPSA) is 29.5 Å². The standard InChI is InChI=1S/C20H20F3NO2/c1-12-16(13-5-4-6-15(9-13)20(21,22)23)10-14-11-18(25)26-19(14)17-7-2-3-8-24(12)17/h4-6,9-12,17,19H,2-3,7-8H2,1H3/t12-,17+,19?/m0/s1. The third kappa shape index (κ3) is 2.96. The third-order valence-electron chi connectivity index (χ3n) is 5.59. The van der Waals surface area contributed by atoms with E-state index in [0.29, 0.717) is 5.56 Å². The van der Waals surface area contributed by atoms with Crippen LogP contribution in [-0.4, -0.2) is 35.6 Å². The van der Waals surface area contributed by atoms with E-state index in [-0.39, 0.29) is 24.2 Å². The highest BCUT2D eigenvalue weighted by Gasteiger charge is 2.42. The third-order valence-corrected chi connectivity index (χ3v) is 5.59. The maximum atomic E-state index is 13.1. The van der Waals surface area contributed by atoms with E-state index in [4.69, 9.17) is 4.74 Å². The highest BCUT2D eigenvalue weighted by Crippen LogP contribution is 2.39. The minimum atomic E-state index is -4.38. The van der Waals surface area contributed by atoms with Crippen molar-refractivity contribution in [2.75, 3.05) is 6.54 Å². The van der Waals surface area contributed by atoms with Crippen molar-refractivity contribution in [3.8, 4) is 0 Å². The van der Waals surface area contributed by atoms with Gasteiger partial charge in [-0.05, 0) is 55.7 Å². The fourth-order valence-electron chi connectivity index (χ4n) is 4.33. The van der Waals surface area contributed by atoms with E-state index in [1.54, 1.807) is 6.07 Å². The first-order chi connectivity index (χ1) is 12.3. The molecule has 0 aromatic heterocycles. The molecule has 3 aliphatic heterocycles. The van der Waals surface area contributed by atoms with Crippen molar-refractivity contribution in [3.05, 3.63) is 53.1 Å². The van der Waals surface area contributed by atoms with E-state index in [1.165, 1.54) is 18.2 Å². The molecule has 3 aliphatic rings. The number of benzene rings is 1. The van der Waals surface area contributed by atoms with Gasteiger partial charge in [0.25, 0.3) is 0 Å². The van der Waals surface area contributed by atoms with Crippen molar-refractivity contribution in [3.63, 3.8) is 0 Å². The predicted molar refractivity (Wildman–Crippen MR) is 91.2 cm³/mol. The largest absolute Gasteiger partial charge is 0.453 e. The van der Waals surface area contributed by atoms with Crippen molar-refractivity contribution in [2.45, 2.75) is 50.6 Å². The molecule has 1 aromatic carbocycles. The lowest BCUT2D eigenvalue weighted by Gasteiger charge is -2.41. The monoisotopic (exact) mass is 363 g/mol. The second-order valence-electron chi connectivity index (χ2n) is 7.16. The summed E-state index contributed by atoms with van der Waals surface area (Å²) < 4.78 is 45.0. The summed E-state index contributed by atoms with van der Waals surface area (Å²) >= 11 is 0. The molecule has 1 unspecified atom stereocenters. The number of hydrogen-bond acceptors (Lipinski definition) is 3. The zero-order valence-corrected chi connectivity index (χ0v) is 14.4. The summed E-state index contributed by atoms with van der Waals surface area (Å²) in [5, 5.41) is 0. The number of carbonyl (C=O) groups is 1. The molecule has 1 aromatic rings. The van der Waals surface area contributed by atoms with Crippen molar-refractivity contribution in [1.82, 2.24) is 4.90 Å². The minimum Gasteiger partial charge on any atom is -0.453 e. The van der Waals surface area contributed by atoms with Crippen LogP contribution in [0.3, 0.4) is 0 Å². The zero-order chi connectivity index (χ0) is 18.5. The fourth-order valence-corrected chi connectivity index (χ4v) is 4.33. The Kier molecular flexibility index (Phi) is 4.18. The number of fused-ring (bicyclic) bond motifs is 3. The molecule has 138 valence electrons. The number of hydrogen-bond donors (Lipinski definition) is 0. The molecular formula is C20H20F3NO2. The SMILES string of the molecule is C[C@H]1C(c2cccc(C(F)(F)F)c2)=CC2=CC(=O)OC2[C@H]2CCCCN21. The van der Waals surface area contributed by atoms with Crippen LogP contribution in [0.2, 0.25) is 0 Å². The van der Waals surface area contributed by atoms with Gasteiger partial charge in [0.1, 0.15) is 6.10 Å². The number of alkyl halides is 3. The first-order valence-corrected chi connectivity index (χ1v) is 8.92. The molecule has 0 radical (unpaired) electrons. The number of halogens is 3. The molecule has 0 aliphatic carbocycles. The number of nitrogens with zero attached hydrogens (tertiary/aromatic N) is 1. The van der Waals surface area contributed by atoms with Gasteiger partial charge in [-0.15, -0.1) is 0 Å². The molecule has 26 heavy (non-hydrogen) atoms. The van der Waals surface area contributed by atoms with Gasteiger partial charge in [0, 0.05) is 17.7 Å². The Morgan fingerprint density at radius 3 is 2.77 bits per heavy atom. The smallest absolute Gasteiger partial charge is 0.416 e. The van der Waals surface area contributed by atoms with Crippen LogP contribution in [0.15, 0.2) is 42.0 Å². The van der Waals surface area contributed by atoms with E-state index in [1.807, 2.05) is 13.0 Å². The van der Waals surface area contributed by atoms with Gasteiger partial charge in [-0.3, -0.25) is 4.90 Å². The van der Waals surface area contributed by atoms with Crippen LogP contribution in [0, 0.1) is 0 Å². The van der Waals surface area contributed by atoms with E-state index >= 15 is 0 Å². The van der Waals surface area contributed by atoms with Gasteiger partial charge < -0.3 is 4.74 Å². The lowest BCUT2D eigenvalue weighted by molar-refractivity contribution is -0.142. The summed E-state index contributed by atoms with van der Waals surface area (Å²) in [4.78, 5) is 14.1. The Labute approximate surface area is 150 Å². The number of esters is 1. The van der Waals surface area contributed by atoms with Crippen molar-refractivity contribution >= 4 is 11.5 Å². The van der Waals surface area contributed by atoms with E-state index < -0.39 is 11.7 Å². The van der Waals surface area contributed by atoms with Crippen LogP contribution < -0.4 is 0 Å². The van der Waals surface area contributed by atoms with E-state index in [0.717, 1.165) is 43.0 Å². The van der Waals surface area contributed by atoms with Gasteiger partial charge in [0.15, 0.2) is 0 Å². The van der Waals surface area contributed by atoms with E-state index in [9.17, 15) is 18.0 Å². The van der Waals surface area contributed by atoms with Crippen LogP contribution in [0.1, 0.15) is 37.3 Å². The average Bonchev–Trinajstić information content (AvgIpc) is 2.94.